The molecule has 224 valence electrons. The van der Waals surface area contributed by atoms with Crippen LogP contribution in [0.15, 0.2) is 65.8 Å². The number of carbonyl (C=O) groups excluding carboxylic acids is 1. The maximum Gasteiger partial charge on any atom is 0.254 e. The lowest BCUT2D eigenvalue weighted by atomic mass is 9.60. The summed E-state index contributed by atoms with van der Waals surface area (Å²) in [7, 11) is 0. The number of likely N-dealkylation sites (tertiary alicyclic amines) is 1. The number of hydrogen-bond acceptors (Lipinski definition) is 4. The molecule has 5 rings (SSSR count). The van der Waals surface area contributed by atoms with E-state index in [1.54, 1.807) is 6.92 Å². The van der Waals surface area contributed by atoms with Gasteiger partial charge in [0.2, 0.25) is 0 Å². The number of carbonyl (C=O) groups is 1. The SMILES string of the molecule is C=C1/C(=C\C=C2/CCC[C@]3(C)[C@@H]([C@H](C)C[C@H]4C[C@@](C)(O)C(=O)N4CCCc4ccccc4)CC[C@@H]23)C[C@@H](O)C[C@@H]1O. The second-order valence-electron chi connectivity index (χ2n) is 14.1. The van der Waals surface area contributed by atoms with E-state index in [0.717, 1.165) is 36.8 Å². The van der Waals surface area contributed by atoms with E-state index in [1.807, 2.05) is 11.0 Å². The Labute approximate surface area is 247 Å². The second-order valence-corrected chi connectivity index (χ2v) is 14.1. The summed E-state index contributed by atoms with van der Waals surface area (Å²) in [6.45, 7) is 11.4. The van der Waals surface area contributed by atoms with Crippen LogP contribution in [0.5, 0.6) is 0 Å². The number of amides is 1. The van der Waals surface area contributed by atoms with Crippen molar-refractivity contribution in [3.05, 3.63) is 71.3 Å². The molecule has 3 saturated carbocycles. The summed E-state index contributed by atoms with van der Waals surface area (Å²) in [5.74, 6) is 1.50. The zero-order chi connectivity index (χ0) is 29.4. The molecule has 0 bridgehead atoms. The Morgan fingerprint density at radius 1 is 1.15 bits per heavy atom. The van der Waals surface area contributed by atoms with Gasteiger partial charge in [0, 0.05) is 25.4 Å². The average Bonchev–Trinajstić information content (AvgIpc) is 3.39. The number of aryl methyl sites for hydroxylation is 1. The Balaban J connectivity index is 1.26. The van der Waals surface area contributed by atoms with Gasteiger partial charge in [-0.1, -0.05) is 68.5 Å². The minimum atomic E-state index is -1.27. The van der Waals surface area contributed by atoms with Crippen LogP contribution in [-0.4, -0.2) is 56.5 Å². The first-order valence-electron chi connectivity index (χ1n) is 16.0. The van der Waals surface area contributed by atoms with Gasteiger partial charge < -0.3 is 20.2 Å². The van der Waals surface area contributed by atoms with Gasteiger partial charge in [-0.05, 0) is 105 Å². The fraction of sp³-hybridized carbons (Fsp3) is 0.639. The molecule has 3 aliphatic carbocycles. The highest BCUT2D eigenvalue weighted by Gasteiger charge is 2.53. The van der Waals surface area contributed by atoms with E-state index >= 15 is 0 Å². The normalized spacial score (nSPS) is 38.6. The zero-order valence-electron chi connectivity index (χ0n) is 25.4. The summed E-state index contributed by atoms with van der Waals surface area (Å²) in [5.41, 5.74) is 3.48. The Morgan fingerprint density at radius 2 is 1.90 bits per heavy atom. The molecule has 4 aliphatic rings. The van der Waals surface area contributed by atoms with Crippen molar-refractivity contribution < 1.29 is 20.1 Å². The first kappa shape index (κ1) is 30.3. The lowest BCUT2D eigenvalue weighted by Crippen LogP contribution is -2.41. The Kier molecular flexibility index (Phi) is 8.99. The minimum absolute atomic E-state index is 0.0874. The largest absolute Gasteiger partial charge is 0.393 e. The summed E-state index contributed by atoms with van der Waals surface area (Å²) >= 11 is 0. The second kappa shape index (κ2) is 12.2. The summed E-state index contributed by atoms with van der Waals surface area (Å²) in [6, 6.07) is 10.5. The van der Waals surface area contributed by atoms with Crippen molar-refractivity contribution >= 4 is 5.91 Å². The number of nitrogens with zero attached hydrogens (tertiary/aromatic N) is 1. The number of benzene rings is 1. The molecule has 5 nitrogen and oxygen atoms in total. The standard InChI is InChI=1S/C36H51NO4/c1-24(20-29-23-36(4,41)34(40)37(29)19-9-12-26-10-6-5-7-11-26)31-16-17-32-27(13-8-18-35(31,32)3)14-15-28-21-30(38)22-33(39)25(28)2/h5-7,10-11,14-15,24,29-33,38-39,41H,2,8-9,12-13,16-23H2,1,3-4H3/b27-14+,28-15-/t24-,29+,30-,31-,32+,33+,35-,36-/m1/s1. The van der Waals surface area contributed by atoms with E-state index in [-0.39, 0.29) is 17.4 Å². The molecule has 5 heteroatoms. The lowest BCUT2D eigenvalue weighted by Gasteiger charge is -2.45. The topological polar surface area (TPSA) is 81.0 Å². The molecular weight excluding hydrogens is 510 g/mol. The molecule has 4 fully saturated rings. The third kappa shape index (κ3) is 6.28. The van der Waals surface area contributed by atoms with Crippen LogP contribution in [-0.2, 0) is 11.2 Å². The Morgan fingerprint density at radius 3 is 2.66 bits per heavy atom. The summed E-state index contributed by atoms with van der Waals surface area (Å²) < 4.78 is 0. The van der Waals surface area contributed by atoms with E-state index in [9.17, 15) is 20.1 Å². The molecule has 0 radical (unpaired) electrons. The van der Waals surface area contributed by atoms with E-state index in [2.05, 4.69) is 56.8 Å². The van der Waals surface area contributed by atoms with Gasteiger partial charge in [-0.2, -0.15) is 0 Å². The van der Waals surface area contributed by atoms with Crippen LogP contribution in [0.4, 0.5) is 0 Å². The number of aliphatic hydroxyl groups is 3. The smallest absolute Gasteiger partial charge is 0.254 e. The van der Waals surface area contributed by atoms with Crippen LogP contribution >= 0.6 is 0 Å². The summed E-state index contributed by atoms with van der Waals surface area (Å²) in [6.07, 6.45) is 13.4. The van der Waals surface area contributed by atoms with Crippen molar-refractivity contribution in [3.8, 4) is 0 Å². The molecule has 0 aromatic heterocycles. The minimum Gasteiger partial charge on any atom is -0.393 e. The zero-order valence-corrected chi connectivity index (χ0v) is 25.4. The van der Waals surface area contributed by atoms with Gasteiger partial charge in [-0.25, -0.2) is 0 Å². The van der Waals surface area contributed by atoms with E-state index in [1.165, 1.54) is 36.8 Å². The summed E-state index contributed by atoms with van der Waals surface area (Å²) in [4.78, 5) is 15.2. The predicted molar refractivity (Wildman–Crippen MR) is 164 cm³/mol. The average molecular weight is 562 g/mol. The van der Waals surface area contributed by atoms with Crippen LogP contribution in [0.2, 0.25) is 0 Å². The van der Waals surface area contributed by atoms with Gasteiger partial charge in [0.15, 0.2) is 0 Å². The van der Waals surface area contributed by atoms with Gasteiger partial charge in [0.25, 0.3) is 5.91 Å². The first-order chi connectivity index (χ1) is 19.5. The number of hydrogen-bond donors (Lipinski definition) is 3. The Bertz CT molecular complexity index is 1170. The highest BCUT2D eigenvalue weighted by Crippen LogP contribution is 2.60. The van der Waals surface area contributed by atoms with Gasteiger partial charge in [-0.3, -0.25) is 4.79 Å². The number of rotatable bonds is 8. The third-order valence-electron chi connectivity index (χ3n) is 11.1. The molecule has 1 aliphatic heterocycles. The fourth-order valence-electron chi connectivity index (χ4n) is 9.00. The van der Waals surface area contributed by atoms with E-state index in [4.69, 9.17) is 0 Å². The maximum absolute atomic E-state index is 13.2. The highest BCUT2D eigenvalue weighted by molar-refractivity contribution is 5.87. The molecule has 8 atom stereocenters. The Hall–Kier alpha value is -2.21. The van der Waals surface area contributed by atoms with Gasteiger partial charge in [0.05, 0.1) is 12.2 Å². The molecule has 1 amide bonds. The van der Waals surface area contributed by atoms with Crippen molar-refractivity contribution in [3.63, 3.8) is 0 Å². The highest BCUT2D eigenvalue weighted by atomic mass is 16.3. The van der Waals surface area contributed by atoms with Crippen molar-refractivity contribution in [1.29, 1.82) is 0 Å². The van der Waals surface area contributed by atoms with Gasteiger partial charge in [0.1, 0.15) is 5.60 Å². The van der Waals surface area contributed by atoms with E-state index in [0.29, 0.717) is 43.6 Å². The van der Waals surface area contributed by atoms with Crippen molar-refractivity contribution in [2.24, 2.45) is 23.2 Å². The number of fused-ring (bicyclic) bond motifs is 1. The molecule has 1 aromatic rings. The quantitative estimate of drug-likeness (QED) is 0.356. The summed E-state index contributed by atoms with van der Waals surface area (Å²) in [5, 5.41) is 31.4. The van der Waals surface area contributed by atoms with E-state index < -0.39 is 17.8 Å². The maximum atomic E-state index is 13.2. The molecular formula is C36H51NO4. The van der Waals surface area contributed by atoms with Crippen LogP contribution in [0.3, 0.4) is 0 Å². The first-order valence-corrected chi connectivity index (χ1v) is 16.0. The molecule has 1 aromatic carbocycles. The van der Waals surface area contributed by atoms with Crippen LogP contribution in [0.1, 0.15) is 90.5 Å². The molecule has 1 heterocycles. The fourth-order valence-corrected chi connectivity index (χ4v) is 9.00. The molecule has 41 heavy (non-hydrogen) atoms. The molecule has 0 spiro atoms. The predicted octanol–water partition coefficient (Wildman–Crippen LogP) is 6.14. The van der Waals surface area contributed by atoms with Crippen LogP contribution in [0, 0.1) is 23.2 Å². The van der Waals surface area contributed by atoms with Crippen molar-refractivity contribution in [2.75, 3.05) is 6.54 Å². The van der Waals surface area contributed by atoms with Crippen molar-refractivity contribution in [1.82, 2.24) is 4.90 Å². The van der Waals surface area contributed by atoms with Gasteiger partial charge >= 0.3 is 0 Å². The van der Waals surface area contributed by atoms with Gasteiger partial charge in [-0.15, -0.1) is 0 Å². The molecule has 3 N–H and O–H groups in total. The molecule has 1 saturated heterocycles. The van der Waals surface area contributed by atoms with Crippen LogP contribution < -0.4 is 0 Å². The van der Waals surface area contributed by atoms with Crippen molar-refractivity contribution in [2.45, 2.75) is 115 Å². The monoisotopic (exact) mass is 561 g/mol. The van der Waals surface area contributed by atoms with Crippen LogP contribution in [0.25, 0.3) is 0 Å². The number of aliphatic hydroxyl groups excluding tert-OH is 2. The lowest BCUT2D eigenvalue weighted by molar-refractivity contribution is -0.142. The molecule has 0 unspecified atom stereocenters. The third-order valence-corrected chi connectivity index (χ3v) is 11.1. The number of allylic oxidation sites excluding steroid dienone is 3.